The molecule has 1 fully saturated rings. The summed E-state index contributed by atoms with van der Waals surface area (Å²) in [5.74, 6) is -0.0882. The molecule has 1 amide bonds. The molecule has 6 rings (SSSR count). The predicted molar refractivity (Wildman–Crippen MR) is 139 cm³/mol. The maximum Gasteiger partial charge on any atom is 0.272 e. The molecule has 1 aliphatic heterocycles. The molecular formula is C27H23N5O2S. The number of hydrogen-bond acceptors (Lipinski definition) is 7. The van der Waals surface area contributed by atoms with Gasteiger partial charge in [-0.1, -0.05) is 12.1 Å². The Balaban J connectivity index is 1.27. The van der Waals surface area contributed by atoms with Gasteiger partial charge in [-0.2, -0.15) is 0 Å². The fourth-order valence-corrected chi connectivity index (χ4v) is 5.11. The van der Waals surface area contributed by atoms with Gasteiger partial charge in [0.25, 0.3) is 5.91 Å². The lowest BCUT2D eigenvalue weighted by Crippen LogP contribution is -2.40. The van der Waals surface area contributed by atoms with Crippen LogP contribution >= 0.6 is 11.3 Å². The minimum Gasteiger partial charge on any atom is -0.393 e. The van der Waals surface area contributed by atoms with Crippen molar-refractivity contribution in [3.05, 3.63) is 78.2 Å². The summed E-state index contributed by atoms with van der Waals surface area (Å²) in [5.41, 5.74) is 7.99. The van der Waals surface area contributed by atoms with Crippen molar-refractivity contribution in [1.29, 1.82) is 0 Å². The summed E-state index contributed by atoms with van der Waals surface area (Å²) in [6, 6.07) is 18.0. The summed E-state index contributed by atoms with van der Waals surface area (Å²) in [6.07, 6.45) is 4.46. The molecule has 0 bridgehead atoms. The first-order chi connectivity index (χ1) is 17.1. The quantitative estimate of drug-likeness (QED) is 0.364. The van der Waals surface area contributed by atoms with E-state index in [-0.39, 0.29) is 12.0 Å². The summed E-state index contributed by atoms with van der Waals surface area (Å²) in [5, 5.41) is 14.2. The largest absolute Gasteiger partial charge is 0.393 e. The number of nitrogens with zero attached hydrogens (tertiary/aromatic N) is 4. The molecular weight excluding hydrogens is 458 g/mol. The van der Waals surface area contributed by atoms with Gasteiger partial charge in [0.1, 0.15) is 5.69 Å². The minimum absolute atomic E-state index is 0.0882. The highest BCUT2D eigenvalue weighted by atomic mass is 32.1. The van der Waals surface area contributed by atoms with Crippen molar-refractivity contribution in [3.8, 4) is 11.1 Å². The average Bonchev–Trinajstić information content (AvgIpc) is 3.37. The Morgan fingerprint density at radius 2 is 1.80 bits per heavy atom. The summed E-state index contributed by atoms with van der Waals surface area (Å²) in [7, 11) is 0. The fraction of sp³-hybridized carbons (Fsp3) is 0.185. The molecule has 8 heteroatoms. The molecule has 1 saturated heterocycles. The lowest BCUT2D eigenvalue weighted by atomic mass is 10.0. The van der Waals surface area contributed by atoms with E-state index in [0.717, 1.165) is 43.6 Å². The highest BCUT2D eigenvalue weighted by Gasteiger charge is 2.23. The normalized spacial score (nSPS) is 14.5. The van der Waals surface area contributed by atoms with E-state index in [1.807, 2.05) is 35.8 Å². The number of benzene rings is 2. The molecule has 0 aliphatic carbocycles. The number of amides is 1. The number of carbonyl (C=O) groups is 1. The number of aliphatic hydroxyl groups excluding tert-OH is 1. The van der Waals surface area contributed by atoms with Gasteiger partial charge in [0, 0.05) is 47.8 Å². The van der Waals surface area contributed by atoms with E-state index >= 15 is 0 Å². The van der Waals surface area contributed by atoms with Crippen molar-refractivity contribution in [1.82, 2.24) is 19.9 Å². The lowest BCUT2D eigenvalue weighted by molar-refractivity contribution is 0.0541. The molecule has 0 saturated carbocycles. The van der Waals surface area contributed by atoms with Gasteiger partial charge in [0.05, 0.1) is 27.3 Å². The van der Waals surface area contributed by atoms with Crippen LogP contribution in [0.4, 0.5) is 11.4 Å². The molecule has 1 aliphatic rings. The first kappa shape index (κ1) is 21.6. The van der Waals surface area contributed by atoms with Crippen LogP contribution in [0.3, 0.4) is 0 Å². The Morgan fingerprint density at radius 1 is 0.943 bits per heavy atom. The number of pyridine rings is 2. The molecule has 2 aromatic carbocycles. The Bertz CT molecular complexity index is 1520. The van der Waals surface area contributed by atoms with E-state index in [9.17, 15) is 9.90 Å². The third kappa shape index (κ3) is 4.34. The second kappa shape index (κ2) is 9.05. The van der Waals surface area contributed by atoms with Gasteiger partial charge in [-0.05, 0) is 60.9 Å². The molecule has 0 atom stereocenters. The zero-order chi connectivity index (χ0) is 23.8. The second-order valence-corrected chi connectivity index (χ2v) is 9.59. The molecule has 3 aromatic heterocycles. The van der Waals surface area contributed by atoms with E-state index in [1.54, 1.807) is 34.7 Å². The lowest BCUT2D eigenvalue weighted by Gasteiger charge is -2.29. The zero-order valence-electron chi connectivity index (χ0n) is 18.9. The number of rotatable bonds is 4. The fourth-order valence-electron chi connectivity index (χ4n) is 4.45. The summed E-state index contributed by atoms with van der Waals surface area (Å²) in [4.78, 5) is 27.9. The Kier molecular flexibility index (Phi) is 5.60. The molecule has 174 valence electrons. The van der Waals surface area contributed by atoms with E-state index in [4.69, 9.17) is 0 Å². The van der Waals surface area contributed by atoms with Crippen LogP contribution < -0.4 is 5.32 Å². The van der Waals surface area contributed by atoms with E-state index < -0.39 is 0 Å². The Labute approximate surface area is 206 Å². The highest BCUT2D eigenvalue weighted by Crippen LogP contribution is 2.31. The van der Waals surface area contributed by atoms with E-state index in [0.29, 0.717) is 31.6 Å². The molecule has 0 unspecified atom stereocenters. The van der Waals surface area contributed by atoms with E-state index in [2.05, 4.69) is 38.5 Å². The molecule has 5 aromatic rings. The third-order valence-electron chi connectivity index (χ3n) is 6.42. The number of carbonyl (C=O) groups excluding carboxylic acids is 1. The SMILES string of the molecule is O=C(c1ccc(-c2ccc3nccc(Nc4ccc5scnc5c4)c3c2)cn1)N1CCC(O)CC1. The maximum absolute atomic E-state index is 12.8. The van der Waals surface area contributed by atoms with Gasteiger partial charge in [-0.25, -0.2) is 4.98 Å². The van der Waals surface area contributed by atoms with Crippen LogP contribution in [0.1, 0.15) is 23.3 Å². The van der Waals surface area contributed by atoms with Crippen molar-refractivity contribution < 1.29 is 9.90 Å². The van der Waals surface area contributed by atoms with Crippen molar-refractivity contribution in [3.63, 3.8) is 0 Å². The van der Waals surface area contributed by atoms with Crippen molar-refractivity contribution in [2.75, 3.05) is 18.4 Å². The maximum atomic E-state index is 12.8. The van der Waals surface area contributed by atoms with Gasteiger partial charge < -0.3 is 15.3 Å². The second-order valence-electron chi connectivity index (χ2n) is 8.71. The minimum atomic E-state index is -0.314. The number of aliphatic hydroxyl groups is 1. The van der Waals surface area contributed by atoms with Crippen molar-refractivity contribution in [2.24, 2.45) is 0 Å². The Hall–Kier alpha value is -3.88. The smallest absolute Gasteiger partial charge is 0.272 e. The number of piperidine rings is 1. The number of hydrogen-bond donors (Lipinski definition) is 2. The summed E-state index contributed by atoms with van der Waals surface area (Å²) in [6.45, 7) is 1.12. The molecule has 4 heterocycles. The number of anilines is 2. The van der Waals surface area contributed by atoms with Gasteiger partial charge in [0.2, 0.25) is 0 Å². The number of fused-ring (bicyclic) bond motifs is 2. The average molecular weight is 482 g/mol. The molecule has 35 heavy (non-hydrogen) atoms. The van der Waals surface area contributed by atoms with Crippen LogP contribution in [0.15, 0.2) is 72.5 Å². The highest BCUT2D eigenvalue weighted by molar-refractivity contribution is 7.16. The number of nitrogens with one attached hydrogen (secondary N) is 1. The van der Waals surface area contributed by atoms with Gasteiger partial charge in [0.15, 0.2) is 0 Å². The van der Waals surface area contributed by atoms with Crippen LogP contribution in [0.2, 0.25) is 0 Å². The van der Waals surface area contributed by atoms with Gasteiger partial charge in [-0.15, -0.1) is 11.3 Å². The van der Waals surface area contributed by atoms with Crippen molar-refractivity contribution >= 4 is 49.7 Å². The van der Waals surface area contributed by atoms with Crippen LogP contribution in [-0.2, 0) is 0 Å². The summed E-state index contributed by atoms with van der Waals surface area (Å²) < 4.78 is 1.16. The predicted octanol–water partition coefficient (Wildman–Crippen LogP) is 5.25. The molecule has 7 nitrogen and oxygen atoms in total. The third-order valence-corrected chi connectivity index (χ3v) is 7.23. The van der Waals surface area contributed by atoms with Gasteiger partial charge >= 0.3 is 0 Å². The van der Waals surface area contributed by atoms with Gasteiger partial charge in [-0.3, -0.25) is 14.8 Å². The topological polar surface area (TPSA) is 91.2 Å². The van der Waals surface area contributed by atoms with Crippen LogP contribution in [0.25, 0.3) is 32.2 Å². The zero-order valence-corrected chi connectivity index (χ0v) is 19.7. The summed E-state index contributed by atoms with van der Waals surface area (Å²) >= 11 is 1.63. The standard InChI is InChI=1S/C27H23N5O2S/c33-20-8-11-32(12-9-20)27(34)24-5-2-18(15-29-24)17-1-4-22-21(13-17)23(7-10-28-22)31-19-3-6-26-25(14-19)30-16-35-26/h1-7,10,13-16,20,33H,8-9,11-12H2,(H,28,31). The first-order valence-corrected chi connectivity index (χ1v) is 12.4. The van der Waals surface area contributed by atoms with E-state index in [1.165, 1.54) is 0 Å². The van der Waals surface area contributed by atoms with Crippen LogP contribution in [0.5, 0.6) is 0 Å². The number of aromatic nitrogens is 3. The Morgan fingerprint density at radius 3 is 2.63 bits per heavy atom. The van der Waals surface area contributed by atoms with Crippen LogP contribution in [0, 0.1) is 0 Å². The van der Waals surface area contributed by atoms with Crippen molar-refractivity contribution in [2.45, 2.75) is 18.9 Å². The molecule has 2 N–H and O–H groups in total. The molecule has 0 spiro atoms. The molecule has 0 radical (unpaired) electrons. The monoisotopic (exact) mass is 481 g/mol. The first-order valence-electron chi connectivity index (χ1n) is 11.6. The number of thiazole rings is 1. The van der Waals surface area contributed by atoms with Crippen LogP contribution in [-0.4, -0.2) is 50.1 Å². The number of likely N-dealkylation sites (tertiary alicyclic amines) is 1.